The summed E-state index contributed by atoms with van der Waals surface area (Å²) in [5.41, 5.74) is 3.30. The number of nitrogens with one attached hydrogen (secondary N) is 1. The SMILES string of the molecule is CNCCCc1c(C)nc(C2(OC)CCCC2)nc1C. The summed E-state index contributed by atoms with van der Waals surface area (Å²) in [5, 5.41) is 3.19. The highest BCUT2D eigenvalue weighted by Crippen LogP contribution is 2.40. The third kappa shape index (κ3) is 3.01. The van der Waals surface area contributed by atoms with Crippen molar-refractivity contribution < 1.29 is 4.74 Å². The van der Waals surface area contributed by atoms with Gasteiger partial charge in [0.05, 0.1) is 0 Å². The van der Waals surface area contributed by atoms with Gasteiger partial charge in [0.2, 0.25) is 0 Å². The predicted molar refractivity (Wildman–Crippen MR) is 80.9 cm³/mol. The Bertz CT molecular complexity index is 430. The lowest BCUT2D eigenvalue weighted by molar-refractivity contribution is -0.0166. The van der Waals surface area contributed by atoms with Crippen molar-refractivity contribution in [3.05, 3.63) is 22.8 Å². The van der Waals surface area contributed by atoms with Gasteiger partial charge in [-0.25, -0.2) is 9.97 Å². The molecule has 1 heterocycles. The third-order valence-corrected chi connectivity index (χ3v) is 4.48. The Balaban J connectivity index is 2.25. The van der Waals surface area contributed by atoms with Gasteiger partial charge in [-0.2, -0.15) is 0 Å². The Labute approximate surface area is 122 Å². The Morgan fingerprint density at radius 3 is 2.25 bits per heavy atom. The van der Waals surface area contributed by atoms with Crippen molar-refractivity contribution in [1.29, 1.82) is 0 Å². The van der Waals surface area contributed by atoms with Crippen molar-refractivity contribution in [3.8, 4) is 0 Å². The van der Waals surface area contributed by atoms with Crippen LogP contribution in [0.4, 0.5) is 0 Å². The van der Waals surface area contributed by atoms with E-state index in [0.717, 1.165) is 49.4 Å². The second kappa shape index (κ2) is 6.64. The van der Waals surface area contributed by atoms with Crippen molar-refractivity contribution >= 4 is 0 Å². The molecule has 1 aromatic heterocycles. The van der Waals surface area contributed by atoms with Crippen molar-refractivity contribution in [1.82, 2.24) is 15.3 Å². The van der Waals surface area contributed by atoms with E-state index < -0.39 is 0 Å². The predicted octanol–water partition coefficient (Wildman–Crippen LogP) is 2.66. The van der Waals surface area contributed by atoms with Gasteiger partial charge in [0.1, 0.15) is 5.60 Å². The summed E-state index contributed by atoms with van der Waals surface area (Å²) in [4.78, 5) is 9.56. The number of hydrogen-bond donors (Lipinski definition) is 1. The maximum Gasteiger partial charge on any atom is 0.160 e. The van der Waals surface area contributed by atoms with Gasteiger partial charge in [0.15, 0.2) is 5.82 Å². The first-order valence-electron chi connectivity index (χ1n) is 7.67. The van der Waals surface area contributed by atoms with Crippen molar-refractivity contribution in [2.45, 2.75) is 58.0 Å². The molecule has 0 atom stereocenters. The fourth-order valence-electron chi connectivity index (χ4n) is 3.21. The molecule has 1 N–H and O–H groups in total. The van der Waals surface area contributed by atoms with Gasteiger partial charge in [-0.1, -0.05) is 0 Å². The van der Waals surface area contributed by atoms with E-state index in [0.29, 0.717) is 0 Å². The molecule has 4 nitrogen and oxygen atoms in total. The van der Waals surface area contributed by atoms with Crippen LogP contribution in [0.1, 0.15) is 54.9 Å². The Morgan fingerprint density at radius 1 is 1.15 bits per heavy atom. The Hall–Kier alpha value is -1.00. The molecule has 2 rings (SSSR count). The fraction of sp³-hybridized carbons (Fsp3) is 0.750. The second-order valence-electron chi connectivity index (χ2n) is 5.81. The van der Waals surface area contributed by atoms with Crippen LogP contribution in [0, 0.1) is 13.8 Å². The highest BCUT2D eigenvalue weighted by molar-refractivity contribution is 5.26. The van der Waals surface area contributed by atoms with E-state index in [4.69, 9.17) is 14.7 Å². The number of rotatable bonds is 6. The average molecular weight is 277 g/mol. The van der Waals surface area contributed by atoms with E-state index in [-0.39, 0.29) is 5.60 Å². The smallest absolute Gasteiger partial charge is 0.160 e. The zero-order valence-electron chi connectivity index (χ0n) is 13.3. The van der Waals surface area contributed by atoms with Crippen molar-refractivity contribution in [3.63, 3.8) is 0 Å². The molecule has 1 aromatic rings. The van der Waals surface area contributed by atoms with E-state index in [1.807, 2.05) is 7.05 Å². The molecule has 0 unspecified atom stereocenters. The number of aryl methyl sites for hydroxylation is 2. The minimum atomic E-state index is -0.237. The van der Waals surface area contributed by atoms with Crippen LogP contribution in [0.5, 0.6) is 0 Å². The maximum atomic E-state index is 5.80. The van der Waals surface area contributed by atoms with Gasteiger partial charge in [0, 0.05) is 18.5 Å². The first-order chi connectivity index (χ1) is 9.63. The van der Waals surface area contributed by atoms with Crippen molar-refractivity contribution in [2.75, 3.05) is 20.7 Å². The molecule has 1 aliphatic rings. The molecule has 112 valence electrons. The van der Waals surface area contributed by atoms with Gasteiger partial charge in [-0.3, -0.25) is 0 Å². The van der Waals surface area contributed by atoms with Crippen LogP contribution in [0.25, 0.3) is 0 Å². The number of nitrogens with zero attached hydrogens (tertiary/aromatic N) is 2. The lowest BCUT2D eigenvalue weighted by atomic mass is 9.99. The molecule has 0 radical (unpaired) electrons. The van der Waals surface area contributed by atoms with Crippen LogP contribution >= 0.6 is 0 Å². The highest BCUT2D eigenvalue weighted by Gasteiger charge is 2.38. The molecule has 0 aliphatic heterocycles. The molecule has 20 heavy (non-hydrogen) atoms. The zero-order valence-corrected chi connectivity index (χ0v) is 13.3. The fourth-order valence-corrected chi connectivity index (χ4v) is 3.21. The molecule has 1 aliphatic carbocycles. The molecular weight excluding hydrogens is 250 g/mol. The van der Waals surface area contributed by atoms with Gasteiger partial charge in [-0.05, 0) is 71.5 Å². The lowest BCUT2D eigenvalue weighted by Gasteiger charge is -2.27. The summed E-state index contributed by atoms with van der Waals surface area (Å²) in [5.74, 6) is 0.893. The largest absolute Gasteiger partial charge is 0.370 e. The first-order valence-corrected chi connectivity index (χ1v) is 7.67. The molecule has 0 amide bonds. The summed E-state index contributed by atoms with van der Waals surface area (Å²) in [6.07, 6.45) is 6.66. The molecule has 1 saturated carbocycles. The minimum Gasteiger partial charge on any atom is -0.370 e. The van der Waals surface area contributed by atoms with Gasteiger partial charge in [-0.15, -0.1) is 0 Å². The van der Waals surface area contributed by atoms with Crippen LogP contribution in [-0.2, 0) is 16.8 Å². The molecule has 0 bridgehead atoms. The molecule has 0 spiro atoms. The normalized spacial score (nSPS) is 17.6. The van der Waals surface area contributed by atoms with Crippen LogP contribution in [-0.4, -0.2) is 30.7 Å². The highest BCUT2D eigenvalue weighted by atomic mass is 16.5. The Morgan fingerprint density at radius 2 is 1.75 bits per heavy atom. The number of ether oxygens (including phenoxy) is 1. The first kappa shape index (κ1) is 15.4. The van der Waals surface area contributed by atoms with E-state index in [2.05, 4.69) is 19.2 Å². The molecule has 0 aromatic carbocycles. The average Bonchev–Trinajstić information content (AvgIpc) is 2.92. The van der Waals surface area contributed by atoms with Gasteiger partial charge >= 0.3 is 0 Å². The van der Waals surface area contributed by atoms with Gasteiger partial charge < -0.3 is 10.1 Å². The van der Waals surface area contributed by atoms with Crippen LogP contribution in [0.2, 0.25) is 0 Å². The third-order valence-electron chi connectivity index (χ3n) is 4.48. The van der Waals surface area contributed by atoms with Crippen molar-refractivity contribution in [2.24, 2.45) is 0 Å². The van der Waals surface area contributed by atoms with E-state index >= 15 is 0 Å². The molecule has 4 heteroatoms. The lowest BCUT2D eigenvalue weighted by Crippen LogP contribution is -2.28. The Kier molecular flexibility index (Phi) is 5.11. The minimum absolute atomic E-state index is 0.237. The molecule has 1 fully saturated rings. The van der Waals surface area contributed by atoms with Crippen LogP contribution < -0.4 is 5.32 Å². The summed E-state index contributed by atoms with van der Waals surface area (Å²) < 4.78 is 5.80. The number of methoxy groups -OCH3 is 1. The van der Waals surface area contributed by atoms with E-state index in [1.165, 1.54) is 18.4 Å². The quantitative estimate of drug-likeness (QED) is 0.812. The summed E-state index contributed by atoms with van der Waals surface area (Å²) in [6.45, 7) is 5.24. The maximum absolute atomic E-state index is 5.80. The van der Waals surface area contributed by atoms with Crippen LogP contribution in [0.15, 0.2) is 0 Å². The number of aromatic nitrogens is 2. The van der Waals surface area contributed by atoms with E-state index in [1.54, 1.807) is 7.11 Å². The molecular formula is C16H27N3O. The number of hydrogen-bond acceptors (Lipinski definition) is 4. The summed E-state index contributed by atoms with van der Waals surface area (Å²) >= 11 is 0. The molecule has 0 saturated heterocycles. The summed E-state index contributed by atoms with van der Waals surface area (Å²) in [6, 6.07) is 0. The monoisotopic (exact) mass is 277 g/mol. The summed E-state index contributed by atoms with van der Waals surface area (Å²) in [7, 11) is 3.78. The topological polar surface area (TPSA) is 47.0 Å². The van der Waals surface area contributed by atoms with E-state index in [9.17, 15) is 0 Å². The standard InChI is InChI=1S/C16H27N3O/c1-12-14(8-7-11-17-3)13(2)19-15(18-12)16(20-4)9-5-6-10-16/h17H,5-11H2,1-4H3. The van der Waals surface area contributed by atoms with Crippen LogP contribution in [0.3, 0.4) is 0 Å². The van der Waals surface area contributed by atoms with Gasteiger partial charge in [0.25, 0.3) is 0 Å². The second-order valence-corrected chi connectivity index (χ2v) is 5.81. The zero-order chi connectivity index (χ0) is 14.6.